The molecule has 0 saturated carbocycles. The number of nitrogens with zero attached hydrogens (tertiary/aromatic N) is 3. The first kappa shape index (κ1) is 17.0. The van der Waals surface area contributed by atoms with Crippen molar-refractivity contribution in [3.05, 3.63) is 30.3 Å². The molecule has 0 bridgehead atoms. The second-order valence-corrected chi connectivity index (χ2v) is 7.56. The summed E-state index contributed by atoms with van der Waals surface area (Å²) in [5, 5.41) is 0. The number of carbonyl (C=O) groups excluding carboxylic acids is 1. The van der Waals surface area contributed by atoms with Crippen LogP contribution in [0.25, 0.3) is 0 Å². The van der Waals surface area contributed by atoms with E-state index in [9.17, 15) is 4.79 Å². The maximum Gasteiger partial charge on any atom is 0.244 e. The van der Waals surface area contributed by atoms with E-state index < -0.39 is 0 Å². The van der Waals surface area contributed by atoms with Crippen molar-refractivity contribution in [3.8, 4) is 0 Å². The number of hydrogen-bond acceptors (Lipinski definition) is 4. The van der Waals surface area contributed by atoms with Gasteiger partial charge in [-0.15, -0.1) is 0 Å². The molecule has 3 saturated heterocycles. The van der Waals surface area contributed by atoms with Crippen molar-refractivity contribution in [1.29, 1.82) is 0 Å². The summed E-state index contributed by atoms with van der Waals surface area (Å²) >= 11 is 0. The Bertz CT molecular complexity index is 586. The van der Waals surface area contributed by atoms with Crippen LogP contribution in [0.1, 0.15) is 26.2 Å². The molecule has 1 aromatic carbocycles. The van der Waals surface area contributed by atoms with Gasteiger partial charge in [-0.3, -0.25) is 14.6 Å². The van der Waals surface area contributed by atoms with Crippen molar-refractivity contribution in [3.63, 3.8) is 0 Å². The zero-order valence-corrected chi connectivity index (χ0v) is 15.1. The lowest BCUT2D eigenvalue weighted by atomic mass is 9.99. The van der Waals surface area contributed by atoms with Crippen LogP contribution in [0.15, 0.2) is 30.3 Å². The number of likely N-dealkylation sites (tertiary alicyclic amines) is 1. The molecule has 3 heterocycles. The monoisotopic (exact) mass is 343 g/mol. The van der Waals surface area contributed by atoms with Gasteiger partial charge >= 0.3 is 0 Å². The third-order valence-electron chi connectivity index (χ3n) is 6.07. The standard InChI is InChI=1S/C20H29N3O2/c1-16-15-25-14-13-22(16)18-7-10-21(11-8-18)19-9-12-23(20(19)24)17-5-3-2-4-6-17/h2-6,16,18-19H,7-15H2,1H3/t16-,19+/m0/s1. The third-order valence-corrected chi connectivity index (χ3v) is 6.07. The number of benzene rings is 1. The Hall–Kier alpha value is -1.43. The molecule has 3 fully saturated rings. The van der Waals surface area contributed by atoms with Crippen LogP contribution in [0.4, 0.5) is 5.69 Å². The van der Waals surface area contributed by atoms with Crippen LogP contribution in [0.3, 0.4) is 0 Å². The Morgan fingerprint density at radius 1 is 1.00 bits per heavy atom. The zero-order chi connectivity index (χ0) is 17.2. The Balaban J connectivity index is 1.34. The Labute approximate surface area is 150 Å². The van der Waals surface area contributed by atoms with E-state index in [0.717, 1.165) is 51.5 Å². The van der Waals surface area contributed by atoms with Gasteiger partial charge in [-0.1, -0.05) is 18.2 Å². The number of hydrogen-bond donors (Lipinski definition) is 0. The van der Waals surface area contributed by atoms with Gasteiger partial charge in [0.25, 0.3) is 0 Å². The van der Waals surface area contributed by atoms with Crippen LogP contribution in [0.2, 0.25) is 0 Å². The van der Waals surface area contributed by atoms with Gasteiger partial charge in [-0.25, -0.2) is 0 Å². The van der Waals surface area contributed by atoms with Gasteiger partial charge in [0.2, 0.25) is 5.91 Å². The second-order valence-electron chi connectivity index (χ2n) is 7.56. The van der Waals surface area contributed by atoms with E-state index in [0.29, 0.717) is 12.1 Å². The molecule has 0 N–H and O–H groups in total. The lowest BCUT2D eigenvalue weighted by Crippen LogP contribution is -2.55. The first-order chi connectivity index (χ1) is 12.2. The lowest BCUT2D eigenvalue weighted by molar-refractivity contribution is -0.122. The number of anilines is 1. The maximum atomic E-state index is 12.9. The van der Waals surface area contributed by atoms with Crippen LogP contribution in [0, 0.1) is 0 Å². The number of carbonyl (C=O) groups is 1. The van der Waals surface area contributed by atoms with E-state index in [1.165, 1.54) is 12.8 Å². The first-order valence-electron chi connectivity index (χ1n) is 9.68. The highest BCUT2D eigenvalue weighted by Crippen LogP contribution is 2.28. The minimum absolute atomic E-state index is 0.0725. The third kappa shape index (κ3) is 3.46. The lowest BCUT2D eigenvalue weighted by Gasteiger charge is -2.44. The van der Waals surface area contributed by atoms with E-state index in [4.69, 9.17) is 4.74 Å². The second kappa shape index (κ2) is 7.44. The largest absolute Gasteiger partial charge is 0.379 e. The molecule has 2 atom stereocenters. The van der Waals surface area contributed by atoms with Gasteiger partial charge in [-0.2, -0.15) is 0 Å². The van der Waals surface area contributed by atoms with Gasteiger partial charge in [0.15, 0.2) is 0 Å². The number of morpholine rings is 1. The topological polar surface area (TPSA) is 36.0 Å². The van der Waals surface area contributed by atoms with E-state index in [1.807, 2.05) is 35.2 Å². The summed E-state index contributed by atoms with van der Waals surface area (Å²) in [6.07, 6.45) is 3.28. The minimum Gasteiger partial charge on any atom is -0.379 e. The molecule has 4 rings (SSSR count). The van der Waals surface area contributed by atoms with Gasteiger partial charge in [0.1, 0.15) is 0 Å². The van der Waals surface area contributed by atoms with Crippen LogP contribution < -0.4 is 4.90 Å². The molecule has 0 unspecified atom stereocenters. The van der Waals surface area contributed by atoms with Gasteiger partial charge in [0, 0.05) is 44.0 Å². The molecule has 5 nitrogen and oxygen atoms in total. The molecule has 3 aliphatic heterocycles. The first-order valence-corrected chi connectivity index (χ1v) is 9.68. The van der Waals surface area contributed by atoms with Crippen molar-refractivity contribution in [2.75, 3.05) is 44.3 Å². The Kier molecular flexibility index (Phi) is 5.06. The Morgan fingerprint density at radius 2 is 1.76 bits per heavy atom. The van der Waals surface area contributed by atoms with Crippen LogP contribution >= 0.6 is 0 Å². The molecule has 1 amide bonds. The molecule has 0 aromatic heterocycles. The predicted octanol–water partition coefficient (Wildman–Crippen LogP) is 1.98. The molecule has 1 aromatic rings. The van der Waals surface area contributed by atoms with Crippen LogP contribution in [-0.4, -0.2) is 73.2 Å². The summed E-state index contributed by atoms with van der Waals surface area (Å²) in [6.45, 7) is 7.94. The van der Waals surface area contributed by atoms with E-state index in [-0.39, 0.29) is 11.9 Å². The van der Waals surface area contributed by atoms with E-state index >= 15 is 0 Å². The van der Waals surface area contributed by atoms with Crippen molar-refractivity contribution >= 4 is 11.6 Å². The summed E-state index contributed by atoms with van der Waals surface area (Å²) in [5.41, 5.74) is 1.03. The maximum absolute atomic E-state index is 12.9. The smallest absolute Gasteiger partial charge is 0.244 e. The normalized spacial score (nSPS) is 30.1. The van der Waals surface area contributed by atoms with Crippen molar-refractivity contribution in [2.45, 2.75) is 44.3 Å². The van der Waals surface area contributed by atoms with Crippen molar-refractivity contribution in [1.82, 2.24) is 9.80 Å². The SMILES string of the molecule is C[C@H]1COCCN1C1CCN([C@@H]2CCN(c3ccccc3)C2=O)CC1. The number of piperidine rings is 1. The van der Waals surface area contributed by atoms with Crippen molar-refractivity contribution in [2.24, 2.45) is 0 Å². The molecular formula is C20H29N3O2. The summed E-state index contributed by atoms with van der Waals surface area (Å²) in [5.74, 6) is 0.282. The summed E-state index contributed by atoms with van der Waals surface area (Å²) in [4.78, 5) is 19.9. The van der Waals surface area contributed by atoms with Gasteiger partial charge in [-0.05, 0) is 38.3 Å². The summed E-state index contributed by atoms with van der Waals surface area (Å²) < 4.78 is 5.57. The molecule has 0 aliphatic carbocycles. The highest BCUT2D eigenvalue weighted by molar-refractivity contribution is 5.99. The molecule has 5 heteroatoms. The molecule has 0 spiro atoms. The minimum atomic E-state index is 0.0725. The summed E-state index contributed by atoms with van der Waals surface area (Å²) in [7, 11) is 0. The number of para-hydroxylation sites is 1. The van der Waals surface area contributed by atoms with Crippen molar-refractivity contribution < 1.29 is 9.53 Å². The van der Waals surface area contributed by atoms with Gasteiger partial charge in [0.05, 0.1) is 19.3 Å². The zero-order valence-electron chi connectivity index (χ0n) is 15.1. The fourth-order valence-electron chi connectivity index (χ4n) is 4.68. The predicted molar refractivity (Wildman–Crippen MR) is 98.8 cm³/mol. The van der Waals surface area contributed by atoms with Crippen LogP contribution in [0.5, 0.6) is 0 Å². The average molecular weight is 343 g/mol. The van der Waals surface area contributed by atoms with E-state index in [2.05, 4.69) is 16.7 Å². The molecule has 25 heavy (non-hydrogen) atoms. The Morgan fingerprint density at radius 3 is 2.48 bits per heavy atom. The number of ether oxygens (including phenoxy) is 1. The number of amides is 1. The van der Waals surface area contributed by atoms with Gasteiger partial charge < -0.3 is 9.64 Å². The fourth-order valence-corrected chi connectivity index (χ4v) is 4.68. The molecule has 3 aliphatic rings. The molecule has 136 valence electrons. The fraction of sp³-hybridized carbons (Fsp3) is 0.650. The quantitative estimate of drug-likeness (QED) is 0.841. The molecule has 0 radical (unpaired) electrons. The highest BCUT2D eigenvalue weighted by atomic mass is 16.5. The highest BCUT2D eigenvalue weighted by Gasteiger charge is 2.39. The van der Waals surface area contributed by atoms with E-state index in [1.54, 1.807) is 0 Å². The number of rotatable bonds is 3. The molecular weight excluding hydrogens is 314 g/mol. The van der Waals surface area contributed by atoms with Crippen LogP contribution in [-0.2, 0) is 9.53 Å². The average Bonchev–Trinajstić information content (AvgIpc) is 3.04. The summed E-state index contributed by atoms with van der Waals surface area (Å²) in [6, 6.07) is 11.3.